The van der Waals surface area contributed by atoms with Crippen molar-refractivity contribution in [1.82, 2.24) is 4.57 Å². The highest BCUT2D eigenvalue weighted by atomic mass is 32.2. The first-order valence-corrected chi connectivity index (χ1v) is 6.85. The Morgan fingerprint density at radius 1 is 1.32 bits per heavy atom. The predicted molar refractivity (Wildman–Crippen MR) is 76.0 cm³/mol. The Balaban J connectivity index is 2.12. The maximum Gasteiger partial charge on any atom is 0.325 e. The number of benzene rings is 1. The molecule has 0 aliphatic carbocycles. The number of hydrogen-bond acceptors (Lipinski definition) is 4. The summed E-state index contributed by atoms with van der Waals surface area (Å²) in [7, 11) is 0. The molecule has 4 nitrogen and oxygen atoms in total. The molecule has 0 spiro atoms. The molecule has 0 unspecified atom stereocenters. The van der Waals surface area contributed by atoms with E-state index < -0.39 is 0 Å². The first kappa shape index (κ1) is 13.5. The van der Waals surface area contributed by atoms with Crippen LogP contribution in [0.1, 0.15) is 6.92 Å². The largest absolute Gasteiger partial charge is 0.465 e. The number of nitrogen functional groups attached to an aromatic ring is 1. The third-order valence-corrected chi connectivity index (χ3v) is 3.70. The highest BCUT2D eigenvalue weighted by Crippen LogP contribution is 2.31. The van der Waals surface area contributed by atoms with E-state index in [1.54, 1.807) is 6.92 Å². The molecule has 0 bridgehead atoms. The fraction of sp³-hybridized carbons (Fsp3) is 0.214. The topological polar surface area (TPSA) is 57.2 Å². The van der Waals surface area contributed by atoms with E-state index in [9.17, 15) is 4.79 Å². The predicted octanol–water partition coefficient (Wildman–Crippen LogP) is 2.78. The summed E-state index contributed by atoms with van der Waals surface area (Å²) in [6.07, 6.45) is 1.86. The number of aromatic nitrogens is 1. The van der Waals surface area contributed by atoms with Crippen molar-refractivity contribution in [1.29, 1.82) is 0 Å². The normalized spacial score (nSPS) is 10.4. The van der Waals surface area contributed by atoms with Gasteiger partial charge in [-0.2, -0.15) is 0 Å². The van der Waals surface area contributed by atoms with Gasteiger partial charge in [-0.3, -0.25) is 4.79 Å². The van der Waals surface area contributed by atoms with Gasteiger partial charge in [0.05, 0.1) is 11.6 Å². The first-order valence-electron chi connectivity index (χ1n) is 6.04. The van der Waals surface area contributed by atoms with Crippen molar-refractivity contribution in [2.75, 3.05) is 12.3 Å². The molecule has 19 heavy (non-hydrogen) atoms. The zero-order valence-corrected chi connectivity index (χ0v) is 11.5. The second-order valence-electron chi connectivity index (χ2n) is 3.92. The molecule has 2 rings (SSSR count). The van der Waals surface area contributed by atoms with Crippen LogP contribution >= 0.6 is 11.8 Å². The molecule has 0 amide bonds. The van der Waals surface area contributed by atoms with Gasteiger partial charge in [0.15, 0.2) is 0 Å². The van der Waals surface area contributed by atoms with Gasteiger partial charge >= 0.3 is 5.97 Å². The summed E-state index contributed by atoms with van der Waals surface area (Å²) in [5.74, 6) is -0.235. The van der Waals surface area contributed by atoms with Crippen molar-refractivity contribution < 1.29 is 9.53 Å². The SMILES string of the molecule is CCOC(=O)Cn1cccc1Sc1ccccc1N. The Hall–Kier alpha value is -1.88. The van der Waals surface area contributed by atoms with Crippen LogP contribution in [-0.4, -0.2) is 17.1 Å². The third kappa shape index (κ3) is 3.54. The molecule has 1 aromatic heterocycles. The van der Waals surface area contributed by atoms with Gasteiger partial charge < -0.3 is 15.0 Å². The number of ether oxygens (including phenoxy) is 1. The summed E-state index contributed by atoms with van der Waals surface area (Å²) in [6, 6.07) is 11.5. The lowest BCUT2D eigenvalue weighted by Gasteiger charge is -2.09. The zero-order chi connectivity index (χ0) is 13.7. The van der Waals surface area contributed by atoms with Gasteiger partial charge in [-0.25, -0.2) is 0 Å². The molecule has 2 N–H and O–H groups in total. The maximum absolute atomic E-state index is 11.5. The summed E-state index contributed by atoms with van der Waals surface area (Å²) >= 11 is 1.54. The van der Waals surface area contributed by atoms with Gasteiger partial charge in [0.2, 0.25) is 0 Å². The molecule has 0 atom stereocenters. The Labute approximate surface area is 116 Å². The van der Waals surface area contributed by atoms with Crippen LogP contribution in [0.3, 0.4) is 0 Å². The highest BCUT2D eigenvalue weighted by molar-refractivity contribution is 7.99. The number of anilines is 1. The average molecular weight is 276 g/mol. The minimum atomic E-state index is -0.235. The smallest absolute Gasteiger partial charge is 0.325 e. The molecular weight excluding hydrogens is 260 g/mol. The van der Waals surface area contributed by atoms with Crippen molar-refractivity contribution in [3.05, 3.63) is 42.6 Å². The van der Waals surface area contributed by atoms with Gasteiger partial charge in [0, 0.05) is 16.8 Å². The van der Waals surface area contributed by atoms with Crippen molar-refractivity contribution in [3.8, 4) is 0 Å². The van der Waals surface area contributed by atoms with E-state index in [0.29, 0.717) is 6.61 Å². The molecule has 0 fully saturated rings. The molecule has 0 saturated heterocycles. The Morgan fingerprint density at radius 3 is 2.84 bits per heavy atom. The van der Waals surface area contributed by atoms with Crippen molar-refractivity contribution in [2.24, 2.45) is 0 Å². The molecule has 1 heterocycles. The summed E-state index contributed by atoms with van der Waals surface area (Å²) < 4.78 is 6.81. The second-order valence-corrected chi connectivity index (χ2v) is 4.98. The van der Waals surface area contributed by atoms with Gasteiger partial charge in [-0.1, -0.05) is 23.9 Å². The lowest BCUT2D eigenvalue weighted by atomic mass is 10.3. The third-order valence-electron chi connectivity index (χ3n) is 2.53. The van der Waals surface area contributed by atoms with Crippen LogP contribution in [-0.2, 0) is 16.1 Å². The Bertz CT molecular complexity index is 566. The number of para-hydroxylation sites is 1. The number of hydrogen-bond donors (Lipinski definition) is 1. The Morgan fingerprint density at radius 2 is 2.11 bits per heavy atom. The fourth-order valence-electron chi connectivity index (χ4n) is 1.65. The van der Waals surface area contributed by atoms with Gasteiger partial charge in [0.1, 0.15) is 6.54 Å². The standard InChI is InChI=1S/C14H16N2O2S/c1-2-18-14(17)10-16-9-5-8-13(16)19-12-7-4-3-6-11(12)15/h3-9H,2,10,15H2,1H3. The van der Waals surface area contributed by atoms with Gasteiger partial charge in [0.25, 0.3) is 0 Å². The monoisotopic (exact) mass is 276 g/mol. The summed E-state index contributed by atoms with van der Waals surface area (Å²) in [6.45, 7) is 2.41. The van der Waals surface area contributed by atoms with E-state index in [1.165, 1.54) is 11.8 Å². The Kier molecular flexibility index (Phi) is 4.52. The number of carbonyl (C=O) groups excluding carboxylic acids is 1. The molecule has 100 valence electrons. The van der Waals surface area contributed by atoms with E-state index in [1.807, 2.05) is 47.2 Å². The molecule has 0 aliphatic heterocycles. The van der Waals surface area contributed by atoms with Crippen LogP contribution in [0, 0.1) is 0 Å². The van der Waals surface area contributed by atoms with Crippen molar-refractivity contribution >= 4 is 23.4 Å². The first-order chi connectivity index (χ1) is 9.20. The maximum atomic E-state index is 11.5. The quantitative estimate of drug-likeness (QED) is 0.674. The van der Waals surface area contributed by atoms with Crippen molar-refractivity contribution in [2.45, 2.75) is 23.4 Å². The van der Waals surface area contributed by atoms with Gasteiger partial charge in [-0.15, -0.1) is 0 Å². The van der Waals surface area contributed by atoms with Crippen LogP contribution in [0.5, 0.6) is 0 Å². The number of rotatable bonds is 5. The highest BCUT2D eigenvalue weighted by Gasteiger charge is 2.09. The molecule has 0 saturated carbocycles. The van der Waals surface area contributed by atoms with Crippen LogP contribution in [0.15, 0.2) is 52.5 Å². The fourth-order valence-corrected chi connectivity index (χ4v) is 2.60. The molecule has 1 aromatic carbocycles. The summed E-state index contributed by atoms with van der Waals surface area (Å²) in [5, 5.41) is 0.964. The second kappa shape index (κ2) is 6.33. The van der Waals surface area contributed by atoms with Gasteiger partial charge in [-0.05, 0) is 31.2 Å². The van der Waals surface area contributed by atoms with E-state index in [2.05, 4.69) is 0 Å². The molecular formula is C14H16N2O2S. The lowest BCUT2D eigenvalue weighted by molar-refractivity contribution is -0.143. The van der Waals surface area contributed by atoms with E-state index in [0.717, 1.165) is 15.6 Å². The minimum Gasteiger partial charge on any atom is -0.465 e. The molecule has 2 aromatic rings. The molecule has 5 heteroatoms. The zero-order valence-electron chi connectivity index (χ0n) is 10.7. The summed E-state index contributed by atoms with van der Waals surface area (Å²) in [4.78, 5) is 12.5. The average Bonchev–Trinajstić information content (AvgIpc) is 2.80. The van der Waals surface area contributed by atoms with E-state index in [-0.39, 0.29) is 12.5 Å². The van der Waals surface area contributed by atoms with Crippen LogP contribution in [0.25, 0.3) is 0 Å². The lowest BCUT2D eigenvalue weighted by Crippen LogP contribution is -2.13. The van der Waals surface area contributed by atoms with E-state index >= 15 is 0 Å². The molecule has 0 aliphatic rings. The van der Waals surface area contributed by atoms with Crippen LogP contribution in [0.4, 0.5) is 5.69 Å². The molecule has 0 radical (unpaired) electrons. The number of carbonyl (C=O) groups is 1. The van der Waals surface area contributed by atoms with Crippen LogP contribution in [0.2, 0.25) is 0 Å². The van der Waals surface area contributed by atoms with E-state index in [4.69, 9.17) is 10.5 Å². The summed E-state index contributed by atoms with van der Waals surface area (Å²) in [5.41, 5.74) is 6.65. The number of nitrogens with two attached hydrogens (primary N) is 1. The van der Waals surface area contributed by atoms with Crippen LogP contribution < -0.4 is 5.73 Å². The number of nitrogens with zero attached hydrogens (tertiary/aromatic N) is 1. The van der Waals surface area contributed by atoms with Crippen molar-refractivity contribution in [3.63, 3.8) is 0 Å². The number of esters is 1. The minimum absolute atomic E-state index is 0.218.